The molecular weight excluding hydrogens is 357 g/mol. The second-order valence-corrected chi connectivity index (χ2v) is 7.63. The highest BCUT2D eigenvalue weighted by molar-refractivity contribution is 7.89. The van der Waals surface area contributed by atoms with Gasteiger partial charge in [0.25, 0.3) is 0 Å². The molecule has 0 saturated heterocycles. The second kappa shape index (κ2) is 7.29. The van der Waals surface area contributed by atoms with Gasteiger partial charge in [0, 0.05) is 18.6 Å². The summed E-state index contributed by atoms with van der Waals surface area (Å²) in [5.41, 5.74) is 0.231. The Bertz CT molecular complexity index is 853. The van der Waals surface area contributed by atoms with Crippen LogP contribution in [0.5, 0.6) is 0 Å². The van der Waals surface area contributed by atoms with Crippen LogP contribution in [0.1, 0.15) is 15.9 Å². The summed E-state index contributed by atoms with van der Waals surface area (Å²) in [5, 5.41) is 9.50. The Balaban J connectivity index is 2.18. The summed E-state index contributed by atoms with van der Waals surface area (Å²) in [4.78, 5) is 10.7. The lowest BCUT2D eigenvalue weighted by atomic mass is 10.1. The Hall–Kier alpha value is -1.96. The van der Waals surface area contributed by atoms with Crippen LogP contribution in [0.25, 0.3) is 0 Å². The predicted octanol–water partition coefficient (Wildman–Crippen LogP) is 3.04. The lowest BCUT2D eigenvalue weighted by Crippen LogP contribution is -2.29. The van der Waals surface area contributed by atoms with E-state index in [1.807, 2.05) is 0 Å². The first-order chi connectivity index (χ1) is 11.2. The number of benzene rings is 2. The smallest absolute Gasteiger partial charge is 0.338 e. The third-order valence-electron chi connectivity index (χ3n) is 3.51. The molecule has 24 heavy (non-hydrogen) atoms. The maximum absolute atomic E-state index is 13.4. The number of rotatable bonds is 6. The average Bonchev–Trinajstić information content (AvgIpc) is 2.53. The van der Waals surface area contributed by atoms with Crippen molar-refractivity contribution >= 4 is 27.6 Å². The molecule has 0 aliphatic heterocycles. The van der Waals surface area contributed by atoms with Gasteiger partial charge in [-0.3, -0.25) is 0 Å². The Labute approximate surface area is 144 Å². The van der Waals surface area contributed by atoms with Crippen molar-refractivity contribution in [2.24, 2.45) is 0 Å². The Morgan fingerprint density at radius 2 is 1.83 bits per heavy atom. The minimum Gasteiger partial charge on any atom is -0.478 e. The van der Waals surface area contributed by atoms with Crippen molar-refractivity contribution in [3.8, 4) is 0 Å². The normalized spacial score (nSPS) is 11.7. The van der Waals surface area contributed by atoms with E-state index < -0.39 is 27.4 Å². The molecule has 0 aliphatic rings. The van der Waals surface area contributed by atoms with E-state index in [9.17, 15) is 17.6 Å². The maximum atomic E-state index is 13.4. The van der Waals surface area contributed by atoms with Gasteiger partial charge in [0.15, 0.2) is 0 Å². The number of hydrogen-bond acceptors (Lipinski definition) is 3. The summed E-state index contributed by atoms with van der Waals surface area (Å²) in [6.45, 7) is 0.184. The van der Waals surface area contributed by atoms with Crippen molar-refractivity contribution in [1.29, 1.82) is 0 Å². The fourth-order valence-corrected chi connectivity index (χ4v) is 3.39. The van der Waals surface area contributed by atoms with Crippen molar-refractivity contribution in [2.45, 2.75) is 11.3 Å². The van der Waals surface area contributed by atoms with Gasteiger partial charge in [0.1, 0.15) is 5.82 Å². The van der Waals surface area contributed by atoms with E-state index in [1.54, 1.807) is 24.3 Å². The standard InChI is InChI=1S/C16H15ClFNO4S/c1-19(9-8-11-2-4-12(17)5-3-11)24(22,23)13-6-7-15(18)14(10-13)16(20)21/h2-7,10H,8-9H2,1H3,(H,20,21). The molecule has 2 aromatic rings. The third kappa shape index (κ3) is 4.11. The van der Waals surface area contributed by atoms with Crippen LogP contribution in [0.15, 0.2) is 47.4 Å². The van der Waals surface area contributed by atoms with Gasteiger partial charge in [-0.15, -0.1) is 0 Å². The maximum Gasteiger partial charge on any atom is 0.338 e. The number of likely N-dealkylation sites (N-methyl/N-ethyl adjacent to an activating group) is 1. The van der Waals surface area contributed by atoms with Gasteiger partial charge in [-0.2, -0.15) is 0 Å². The van der Waals surface area contributed by atoms with E-state index in [-0.39, 0.29) is 11.4 Å². The number of carbonyl (C=O) groups is 1. The first-order valence-electron chi connectivity index (χ1n) is 6.95. The summed E-state index contributed by atoms with van der Waals surface area (Å²) in [7, 11) is -2.53. The minimum atomic E-state index is -3.91. The van der Waals surface area contributed by atoms with Crippen molar-refractivity contribution in [3.63, 3.8) is 0 Å². The number of sulfonamides is 1. The molecule has 0 unspecified atom stereocenters. The number of carboxylic acids is 1. The lowest BCUT2D eigenvalue weighted by Gasteiger charge is -2.17. The van der Waals surface area contributed by atoms with Crippen LogP contribution < -0.4 is 0 Å². The summed E-state index contributed by atoms with van der Waals surface area (Å²) in [6.07, 6.45) is 0.458. The third-order valence-corrected chi connectivity index (χ3v) is 5.61. The van der Waals surface area contributed by atoms with Gasteiger partial charge >= 0.3 is 5.97 Å². The molecule has 0 saturated carbocycles. The zero-order chi connectivity index (χ0) is 17.9. The number of nitrogens with zero attached hydrogens (tertiary/aromatic N) is 1. The molecule has 0 heterocycles. The van der Waals surface area contributed by atoms with Crippen LogP contribution in [-0.4, -0.2) is 37.4 Å². The summed E-state index contributed by atoms with van der Waals surface area (Å²) in [5.74, 6) is -2.50. The number of hydrogen-bond donors (Lipinski definition) is 1. The van der Waals surface area contributed by atoms with Crippen LogP contribution in [0.3, 0.4) is 0 Å². The van der Waals surface area contributed by atoms with E-state index in [2.05, 4.69) is 0 Å². The second-order valence-electron chi connectivity index (χ2n) is 5.15. The quantitative estimate of drug-likeness (QED) is 0.846. The molecule has 0 radical (unpaired) electrons. The molecule has 0 bridgehead atoms. The molecule has 0 aliphatic carbocycles. The Morgan fingerprint density at radius 3 is 2.42 bits per heavy atom. The largest absolute Gasteiger partial charge is 0.478 e. The van der Waals surface area contributed by atoms with Crippen molar-refractivity contribution in [3.05, 3.63) is 64.4 Å². The van der Waals surface area contributed by atoms with Gasteiger partial charge in [-0.1, -0.05) is 23.7 Å². The molecule has 2 aromatic carbocycles. The lowest BCUT2D eigenvalue weighted by molar-refractivity contribution is 0.0691. The van der Waals surface area contributed by atoms with Crippen LogP contribution in [-0.2, 0) is 16.4 Å². The van der Waals surface area contributed by atoms with Gasteiger partial charge in [-0.25, -0.2) is 21.9 Å². The topological polar surface area (TPSA) is 74.7 Å². The van der Waals surface area contributed by atoms with Crippen molar-refractivity contribution in [1.82, 2.24) is 4.31 Å². The molecule has 0 atom stereocenters. The fourth-order valence-electron chi connectivity index (χ4n) is 2.07. The number of aromatic carboxylic acids is 1. The van der Waals surface area contributed by atoms with Crippen LogP contribution in [0.4, 0.5) is 4.39 Å². The number of halogens is 2. The molecule has 1 N–H and O–H groups in total. The first-order valence-corrected chi connectivity index (χ1v) is 8.77. The predicted molar refractivity (Wildman–Crippen MR) is 88.3 cm³/mol. The Kier molecular flexibility index (Phi) is 5.58. The SMILES string of the molecule is CN(CCc1ccc(Cl)cc1)S(=O)(=O)c1ccc(F)c(C(=O)O)c1. The van der Waals surface area contributed by atoms with Crippen molar-refractivity contribution < 1.29 is 22.7 Å². The molecule has 5 nitrogen and oxygen atoms in total. The number of carboxylic acid groups (broad SMARTS) is 1. The van der Waals surface area contributed by atoms with Crippen LogP contribution in [0.2, 0.25) is 5.02 Å². The molecular formula is C16H15ClFNO4S. The highest BCUT2D eigenvalue weighted by atomic mass is 35.5. The highest BCUT2D eigenvalue weighted by Gasteiger charge is 2.23. The first kappa shape index (κ1) is 18.4. The summed E-state index contributed by atoms with van der Waals surface area (Å²) < 4.78 is 39.5. The summed E-state index contributed by atoms with van der Waals surface area (Å²) >= 11 is 5.80. The highest BCUT2D eigenvalue weighted by Crippen LogP contribution is 2.19. The van der Waals surface area contributed by atoms with Gasteiger partial charge in [-0.05, 0) is 42.3 Å². The molecule has 0 amide bonds. The molecule has 0 spiro atoms. The molecule has 0 aromatic heterocycles. The van der Waals surface area contributed by atoms with Crippen LogP contribution in [0, 0.1) is 5.82 Å². The van der Waals surface area contributed by atoms with E-state index in [0.29, 0.717) is 11.4 Å². The van der Waals surface area contributed by atoms with Gasteiger partial charge in [0.2, 0.25) is 10.0 Å². The Morgan fingerprint density at radius 1 is 1.21 bits per heavy atom. The van der Waals surface area contributed by atoms with Crippen LogP contribution >= 0.6 is 11.6 Å². The molecule has 128 valence electrons. The molecule has 8 heteroatoms. The van der Waals surface area contributed by atoms with Gasteiger partial charge in [0.05, 0.1) is 10.5 Å². The minimum absolute atomic E-state index is 0.184. The zero-order valence-corrected chi connectivity index (χ0v) is 14.3. The monoisotopic (exact) mass is 371 g/mol. The van der Waals surface area contributed by atoms with E-state index in [4.69, 9.17) is 16.7 Å². The van der Waals surface area contributed by atoms with Gasteiger partial charge < -0.3 is 5.11 Å². The van der Waals surface area contributed by atoms with E-state index >= 15 is 0 Å². The molecule has 0 fully saturated rings. The summed E-state index contributed by atoms with van der Waals surface area (Å²) in [6, 6.07) is 9.73. The van der Waals surface area contributed by atoms with E-state index in [0.717, 1.165) is 28.1 Å². The van der Waals surface area contributed by atoms with Crippen molar-refractivity contribution in [2.75, 3.05) is 13.6 Å². The molecule has 2 rings (SSSR count). The van der Waals surface area contributed by atoms with E-state index in [1.165, 1.54) is 7.05 Å². The fraction of sp³-hybridized carbons (Fsp3) is 0.188. The average molecular weight is 372 g/mol. The zero-order valence-electron chi connectivity index (χ0n) is 12.7.